The number of aryl methyl sites for hydroxylation is 1. The zero-order chi connectivity index (χ0) is 17.1. The molecule has 0 bridgehead atoms. The van der Waals surface area contributed by atoms with Crippen molar-refractivity contribution in [1.82, 2.24) is 14.7 Å². The summed E-state index contributed by atoms with van der Waals surface area (Å²) >= 11 is 0. The molecule has 1 heterocycles. The Morgan fingerprint density at radius 1 is 1.26 bits per heavy atom. The molecule has 0 aliphatic carbocycles. The van der Waals surface area contributed by atoms with Crippen LogP contribution in [0.5, 0.6) is 0 Å². The van der Waals surface area contributed by atoms with Gasteiger partial charge >= 0.3 is 0 Å². The molecule has 0 aliphatic rings. The van der Waals surface area contributed by atoms with Crippen LogP contribution in [0.2, 0.25) is 0 Å². The van der Waals surface area contributed by atoms with Crippen LogP contribution < -0.4 is 5.32 Å². The lowest BCUT2D eigenvalue weighted by molar-refractivity contribution is -0.116. The Morgan fingerprint density at radius 3 is 2.57 bits per heavy atom. The number of rotatable bonds is 4. The molecule has 0 saturated heterocycles. The first-order valence-electron chi connectivity index (χ1n) is 6.47. The largest absolute Gasteiger partial charge is 0.332 e. The Bertz CT molecular complexity index is 760. The molecule has 2 rings (SSSR count). The summed E-state index contributed by atoms with van der Waals surface area (Å²) in [5.74, 6) is -5.75. The molecule has 2 amide bonds. The average Bonchev–Trinajstić information content (AvgIpc) is 2.93. The Morgan fingerprint density at radius 2 is 1.96 bits per heavy atom. The van der Waals surface area contributed by atoms with E-state index in [1.54, 1.807) is 7.05 Å². The molecule has 0 saturated carbocycles. The van der Waals surface area contributed by atoms with Gasteiger partial charge in [-0.15, -0.1) is 0 Å². The van der Waals surface area contributed by atoms with Crippen molar-refractivity contribution in [2.75, 3.05) is 18.9 Å². The molecule has 23 heavy (non-hydrogen) atoms. The molecule has 9 heteroatoms. The first kappa shape index (κ1) is 16.5. The van der Waals surface area contributed by atoms with Crippen LogP contribution in [-0.2, 0) is 11.8 Å². The van der Waals surface area contributed by atoms with Gasteiger partial charge < -0.3 is 10.2 Å². The number of nitrogens with zero attached hydrogens (tertiary/aromatic N) is 3. The molecule has 1 aromatic heterocycles. The van der Waals surface area contributed by atoms with Crippen molar-refractivity contribution in [1.29, 1.82) is 0 Å². The van der Waals surface area contributed by atoms with Crippen molar-refractivity contribution >= 4 is 17.5 Å². The third-order valence-electron chi connectivity index (χ3n) is 2.99. The van der Waals surface area contributed by atoms with E-state index >= 15 is 0 Å². The Balaban J connectivity index is 2.02. The van der Waals surface area contributed by atoms with E-state index in [1.807, 2.05) is 0 Å². The van der Waals surface area contributed by atoms with Crippen LogP contribution in [0.25, 0.3) is 0 Å². The maximum absolute atomic E-state index is 13.5. The smallest absolute Gasteiger partial charge is 0.257 e. The van der Waals surface area contributed by atoms with Crippen molar-refractivity contribution in [2.24, 2.45) is 7.05 Å². The number of hydrogen-bond donors (Lipinski definition) is 1. The summed E-state index contributed by atoms with van der Waals surface area (Å²) in [7, 11) is 3.01. The van der Waals surface area contributed by atoms with Crippen molar-refractivity contribution in [3.63, 3.8) is 0 Å². The fourth-order valence-electron chi connectivity index (χ4n) is 1.85. The van der Waals surface area contributed by atoms with E-state index in [1.165, 1.54) is 24.1 Å². The first-order chi connectivity index (χ1) is 10.8. The second kappa shape index (κ2) is 6.51. The van der Waals surface area contributed by atoms with Crippen LogP contribution in [0.1, 0.15) is 10.4 Å². The minimum absolute atomic E-state index is 0.279. The second-order valence-corrected chi connectivity index (χ2v) is 4.83. The predicted octanol–water partition coefficient (Wildman–Crippen LogP) is 1.55. The minimum Gasteiger partial charge on any atom is -0.332 e. The number of benzene rings is 1. The van der Waals surface area contributed by atoms with Crippen molar-refractivity contribution in [3.8, 4) is 0 Å². The molecule has 0 spiro atoms. The lowest BCUT2D eigenvalue weighted by Crippen LogP contribution is -2.35. The molecule has 0 atom stereocenters. The minimum atomic E-state index is -1.68. The number of aromatic nitrogens is 2. The summed E-state index contributed by atoms with van der Waals surface area (Å²) in [6, 6.07) is 1.59. The monoisotopic (exact) mass is 326 g/mol. The van der Waals surface area contributed by atoms with Crippen LogP contribution in [-0.4, -0.2) is 40.1 Å². The Labute approximate surface area is 129 Å². The van der Waals surface area contributed by atoms with Crippen molar-refractivity contribution in [2.45, 2.75) is 0 Å². The predicted molar refractivity (Wildman–Crippen MR) is 75.1 cm³/mol. The lowest BCUT2D eigenvalue weighted by Gasteiger charge is -2.16. The van der Waals surface area contributed by atoms with E-state index in [2.05, 4.69) is 10.4 Å². The normalized spacial score (nSPS) is 10.5. The van der Waals surface area contributed by atoms with Crippen LogP contribution >= 0.6 is 0 Å². The van der Waals surface area contributed by atoms with Gasteiger partial charge in [0.15, 0.2) is 17.5 Å². The van der Waals surface area contributed by atoms with Gasteiger partial charge in [0.1, 0.15) is 0 Å². The van der Waals surface area contributed by atoms with E-state index in [-0.39, 0.29) is 5.56 Å². The molecule has 2 aromatic rings. The van der Waals surface area contributed by atoms with Gasteiger partial charge in [0.2, 0.25) is 5.91 Å². The second-order valence-electron chi connectivity index (χ2n) is 4.83. The summed E-state index contributed by atoms with van der Waals surface area (Å²) in [6.45, 7) is -0.397. The standard InChI is InChI=1S/C14H13F3N4O2/c1-20(14(23)8-5-18-21(2)6-8)7-11(22)19-10-4-3-9(15)12(16)13(10)17/h3-6H,7H2,1-2H3,(H,19,22). The topological polar surface area (TPSA) is 67.2 Å². The van der Waals surface area contributed by atoms with E-state index in [0.717, 1.165) is 11.0 Å². The van der Waals surface area contributed by atoms with Gasteiger partial charge in [-0.3, -0.25) is 14.3 Å². The molecule has 1 N–H and O–H groups in total. The highest BCUT2D eigenvalue weighted by Crippen LogP contribution is 2.19. The van der Waals surface area contributed by atoms with Gasteiger partial charge in [-0.2, -0.15) is 5.10 Å². The number of nitrogens with one attached hydrogen (secondary N) is 1. The van der Waals surface area contributed by atoms with Gasteiger partial charge in [-0.05, 0) is 12.1 Å². The molecule has 1 aromatic carbocycles. The Hall–Kier alpha value is -2.84. The Kier molecular flexibility index (Phi) is 4.68. The van der Waals surface area contributed by atoms with Gasteiger partial charge in [0.05, 0.1) is 24.0 Å². The third kappa shape index (κ3) is 3.68. The van der Waals surface area contributed by atoms with Crippen LogP contribution in [0, 0.1) is 17.5 Å². The maximum atomic E-state index is 13.5. The third-order valence-corrected chi connectivity index (χ3v) is 2.99. The van der Waals surface area contributed by atoms with E-state index in [9.17, 15) is 22.8 Å². The number of likely N-dealkylation sites (N-methyl/N-ethyl adjacent to an activating group) is 1. The van der Waals surface area contributed by atoms with Gasteiger partial charge in [-0.1, -0.05) is 0 Å². The lowest BCUT2D eigenvalue weighted by atomic mass is 10.2. The SMILES string of the molecule is CN(CC(=O)Nc1ccc(F)c(F)c1F)C(=O)c1cnn(C)c1. The van der Waals surface area contributed by atoms with Crippen LogP contribution in [0.3, 0.4) is 0 Å². The molecule has 0 fully saturated rings. The highest BCUT2D eigenvalue weighted by molar-refractivity contribution is 5.99. The fraction of sp³-hybridized carbons (Fsp3) is 0.214. The zero-order valence-electron chi connectivity index (χ0n) is 12.3. The summed E-state index contributed by atoms with van der Waals surface area (Å²) < 4.78 is 40.8. The number of carbonyl (C=O) groups excluding carboxylic acids is 2. The quantitative estimate of drug-likeness (QED) is 0.867. The van der Waals surface area contributed by atoms with E-state index in [0.29, 0.717) is 6.07 Å². The molecule has 6 nitrogen and oxygen atoms in total. The molecule has 0 unspecified atom stereocenters. The van der Waals surface area contributed by atoms with Crippen LogP contribution in [0.4, 0.5) is 18.9 Å². The number of anilines is 1. The molecule has 0 radical (unpaired) electrons. The fourth-order valence-corrected chi connectivity index (χ4v) is 1.85. The molecular formula is C14H13F3N4O2. The average molecular weight is 326 g/mol. The highest BCUT2D eigenvalue weighted by Gasteiger charge is 2.19. The zero-order valence-corrected chi connectivity index (χ0v) is 12.3. The van der Waals surface area contributed by atoms with Crippen LogP contribution in [0.15, 0.2) is 24.5 Å². The number of halogens is 3. The first-order valence-corrected chi connectivity index (χ1v) is 6.47. The van der Waals surface area contributed by atoms with E-state index < -0.39 is 41.5 Å². The van der Waals surface area contributed by atoms with Crippen molar-refractivity contribution < 1.29 is 22.8 Å². The van der Waals surface area contributed by atoms with Gasteiger partial charge in [0, 0.05) is 20.3 Å². The molecular weight excluding hydrogens is 313 g/mol. The molecule has 0 aliphatic heterocycles. The van der Waals surface area contributed by atoms with Crippen molar-refractivity contribution in [3.05, 3.63) is 47.5 Å². The van der Waals surface area contributed by atoms with E-state index in [4.69, 9.17) is 0 Å². The van der Waals surface area contributed by atoms with Gasteiger partial charge in [-0.25, -0.2) is 13.2 Å². The highest BCUT2D eigenvalue weighted by atomic mass is 19.2. The summed E-state index contributed by atoms with van der Waals surface area (Å²) in [5.41, 5.74) is -0.224. The number of carbonyl (C=O) groups is 2. The summed E-state index contributed by atoms with van der Waals surface area (Å²) in [5, 5.41) is 5.92. The summed E-state index contributed by atoms with van der Waals surface area (Å²) in [4.78, 5) is 24.9. The number of hydrogen-bond acceptors (Lipinski definition) is 3. The number of amides is 2. The maximum Gasteiger partial charge on any atom is 0.257 e. The van der Waals surface area contributed by atoms with Gasteiger partial charge in [0.25, 0.3) is 5.91 Å². The summed E-state index contributed by atoms with van der Waals surface area (Å²) in [6.07, 6.45) is 2.82. The molecule has 122 valence electrons.